The van der Waals surface area contributed by atoms with E-state index in [4.69, 9.17) is 14.2 Å². The van der Waals surface area contributed by atoms with Crippen LogP contribution >= 0.6 is 0 Å². The quantitative estimate of drug-likeness (QED) is 0.724. The molecule has 0 radical (unpaired) electrons. The van der Waals surface area contributed by atoms with Crippen molar-refractivity contribution in [2.24, 2.45) is 0 Å². The molecule has 1 N–H and O–H groups in total. The molecule has 27 heavy (non-hydrogen) atoms. The molecule has 0 aliphatic carbocycles. The zero-order chi connectivity index (χ0) is 19.5. The highest BCUT2D eigenvalue weighted by Crippen LogP contribution is 2.28. The molecule has 0 atom stereocenters. The van der Waals surface area contributed by atoms with Crippen LogP contribution in [-0.4, -0.2) is 32.3 Å². The molecule has 2 aromatic carbocycles. The van der Waals surface area contributed by atoms with Crippen LogP contribution in [0.4, 0.5) is 0 Å². The number of hydrogen-bond donors (Lipinski definition) is 1. The zero-order valence-corrected chi connectivity index (χ0v) is 16.0. The van der Waals surface area contributed by atoms with Crippen molar-refractivity contribution in [2.75, 3.05) is 26.4 Å². The van der Waals surface area contributed by atoms with Gasteiger partial charge in [-0.05, 0) is 50.6 Å². The van der Waals surface area contributed by atoms with Crippen molar-refractivity contribution in [3.05, 3.63) is 53.6 Å². The third-order valence-electron chi connectivity index (χ3n) is 3.66. The Morgan fingerprint density at radius 3 is 2.41 bits per heavy atom. The molecular formula is C22H25NO4. The lowest BCUT2D eigenvalue weighted by Gasteiger charge is -2.12. The normalized spacial score (nSPS) is 9.74. The Morgan fingerprint density at radius 2 is 1.67 bits per heavy atom. The highest BCUT2D eigenvalue weighted by atomic mass is 16.5. The molecule has 0 bridgehead atoms. The number of carbonyl (C=O) groups is 1. The van der Waals surface area contributed by atoms with Gasteiger partial charge >= 0.3 is 0 Å². The number of ether oxygens (including phenoxy) is 3. The predicted molar refractivity (Wildman–Crippen MR) is 106 cm³/mol. The summed E-state index contributed by atoms with van der Waals surface area (Å²) in [6.07, 6.45) is 0. The topological polar surface area (TPSA) is 56.8 Å². The van der Waals surface area contributed by atoms with E-state index in [0.29, 0.717) is 30.3 Å². The molecule has 0 saturated carbocycles. The van der Waals surface area contributed by atoms with E-state index in [1.165, 1.54) is 0 Å². The number of amides is 1. The van der Waals surface area contributed by atoms with Crippen molar-refractivity contribution in [3.63, 3.8) is 0 Å². The smallest absolute Gasteiger partial charge is 0.252 e. The molecule has 142 valence electrons. The fourth-order valence-electron chi connectivity index (χ4n) is 2.36. The first-order chi connectivity index (χ1) is 13.2. The molecule has 5 heteroatoms. The number of rotatable bonds is 8. The molecule has 0 spiro atoms. The first kappa shape index (κ1) is 20.2. The Labute approximate surface area is 160 Å². The van der Waals surface area contributed by atoms with Gasteiger partial charge in [0.25, 0.3) is 5.91 Å². The van der Waals surface area contributed by atoms with E-state index in [1.54, 1.807) is 18.2 Å². The standard InChI is InChI=1S/C22H25NO4/c1-4-25-20-13-12-18(16-21(20)26-5-2)22(24)23-14-8-9-15-27-19-11-7-6-10-17(19)3/h6-7,10-13,16H,4-5,14-15H2,1-3H3,(H,23,24). The maximum atomic E-state index is 12.3. The highest BCUT2D eigenvalue weighted by Gasteiger charge is 2.10. The van der Waals surface area contributed by atoms with E-state index in [2.05, 4.69) is 17.2 Å². The highest BCUT2D eigenvalue weighted by molar-refractivity contribution is 5.95. The number of para-hydroxylation sites is 1. The second kappa shape index (κ2) is 10.8. The van der Waals surface area contributed by atoms with Gasteiger partial charge in [0, 0.05) is 5.56 Å². The summed E-state index contributed by atoms with van der Waals surface area (Å²) in [5.41, 5.74) is 1.56. The second-order valence-electron chi connectivity index (χ2n) is 5.62. The summed E-state index contributed by atoms with van der Waals surface area (Å²) in [7, 11) is 0. The van der Waals surface area contributed by atoms with E-state index < -0.39 is 0 Å². The molecule has 0 aliphatic heterocycles. The molecule has 0 saturated heterocycles. The third kappa shape index (κ3) is 6.27. The van der Waals surface area contributed by atoms with Gasteiger partial charge in [0.15, 0.2) is 11.5 Å². The Bertz CT molecular complexity index is 821. The van der Waals surface area contributed by atoms with E-state index in [9.17, 15) is 4.79 Å². The summed E-state index contributed by atoms with van der Waals surface area (Å²) in [5.74, 6) is 7.57. The van der Waals surface area contributed by atoms with Gasteiger partial charge in [0.2, 0.25) is 0 Å². The van der Waals surface area contributed by atoms with Crippen LogP contribution in [0.15, 0.2) is 42.5 Å². The lowest BCUT2D eigenvalue weighted by molar-refractivity contribution is 0.0958. The van der Waals surface area contributed by atoms with E-state index >= 15 is 0 Å². The van der Waals surface area contributed by atoms with Crippen molar-refractivity contribution < 1.29 is 19.0 Å². The summed E-state index contributed by atoms with van der Waals surface area (Å²) in [5, 5.41) is 2.77. The molecular weight excluding hydrogens is 342 g/mol. The molecule has 5 nitrogen and oxygen atoms in total. The molecule has 0 fully saturated rings. The maximum Gasteiger partial charge on any atom is 0.252 e. The van der Waals surface area contributed by atoms with Gasteiger partial charge in [0.05, 0.1) is 19.8 Å². The predicted octanol–water partition coefficient (Wildman–Crippen LogP) is 3.60. The van der Waals surface area contributed by atoms with Gasteiger partial charge in [-0.2, -0.15) is 0 Å². The van der Waals surface area contributed by atoms with Gasteiger partial charge in [-0.3, -0.25) is 4.79 Å². The Balaban J connectivity index is 1.85. The number of carbonyl (C=O) groups excluding carboxylic acids is 1. The van der Waals surface area contributed by atoms with Crippen LogP contribution in [0.1, 0.15) is 29.8 Å². The minimum Gasteiger partial charge on any atom is -0.490 e. The van der Waals surface area contributed by atoms with E-state index in [-0.39, 0.29) is 19.1 Å². The van der Waals surface area contributed by atoms with Gasteiger partial charge in [-0.25, -0.2) is 0 Å². The van der Waals surface area contributed by atoms with E-state index in [1.807, 2.05) is 45.0 Å². The zero-order valence-electron chi connectivity index (χ0n) is 16.0. The van der Waals surface area contributed by atoms with Crippen LogP contribution in [0.3, 0.4) is 0 Å². The first-order valence-electron chi connectivity index (χ1n) is 8.97. The van der Waals surface area contributed by atoms with Gasteiger partial charge in [0.1, 0.15) is 12.4 Å². The average molecular weight is 367 g/mol. The summed E-state index contributed by atoms with van der Waals surface area (Å²) in [6.45, 7) is 7.32. The minimum absolute atomic E-state index is 0.215. The van der Waals surface area contributed by atoms with Crippen molar-refractivity contribution in [1.29, 1.82) is 0 Å². The summed E-state index contributed by atoms with van der Waals surface area (Å²) in [4.78, 5) is 12.3. The molecule has 2 aromatic rings. The van der Waals surface area contributed by atoms with Crippen LogP contribution in [0.25, 0.3) is 0 Å². The maximum absolute atomic E-state index is 12.3. The van der Waals surface area contributed by atoms with E-state index in [0.717, 1.165) is 11.3 Å². The van der Waals surface area contributed by atoms with Crippen LogP contribution in [0.5, 0.6) is 17.2 Å². The van der Waals surface area contributed by atoms with Crippen LogP contribution in [-0.2, 0) is 0 Å². The molecule has 0 aromatic heterocycles. The number of aryl methyl sites for hydroxylation is 1. The monoisotopic (exact) mass is 367 g/mol. The lowest BCUT2D eigenvalue weighted by Crippen LogP contribution is -2.23. The second-order valence-corrected chi connectivity index (χ2v) is 5.62. The van der Waals surface area contributed by atoms with Crippen LogP contribution in [0, 0.1) is 18.8 Å². The van der Waals surface area contributed by atoms with Crippen molar-refractivity contribution in [1.82, 2.24) is 5.32 Å². The number of benzene rings is 2. The van der Waals surface area contributed by atoms with Gasteiger partial charge in [-0.1, -0.05) is 30.0 Å². The SMILES string of the molecule is CCOc1ccc(C(=O)NCC#CCOc2ccccc2C)cc1OCC. The molecule has 2 rings (SSSR count). The fourth-order valence-corrected chi connectivity index (χ4v) is 2.36. The average Bonchev–Trinajstić information content (AvgIpc) is 2.67. The number of hydrogen-bond acceptors (Lipinski definition) is 4. The molecule has 0 unspecified atom stereocenters. The third-order valence-corrected chi connectivity index (χ3v) is 3.66. The number of nitrogens with one attached hydrogen (secondary N) is 1. The van der Waals surface area contributed by atoms with Gasteiger partial charge in [-0.15, -0.1) is 0 Å². The van der Waals surface area contributed by atoms with Crippen LogP contribution < -0.4 is 19.5 Å². The fraction of sp³-hybridized carbons (Fsp3) is 0.318. The first-order valence-corrected chi connectivity index (χ1v) is 8.97. The summed E-state index contributed by atoms with van der Waals surface area (Å²) >= 11 is 0. The molecule has 1 amide bonds. The Kier molecular flexibility index (Phi) is 8.05. The van der Waals surface area contributed by atoms with Gasteiger partial charge < -0.3 is 19.5 Å². The lowest BCUT2D eigenvalue weighted by atomic mass is 10.2. The molecule has 0 aliphatic rings. The molecule has 0 heterocycles. The van der Waals surface area contributed by atoms with Crippen molar-refractivity contribution in [3.8, 4) is 29.1 Å². The summed E-state index contributed by atoms with van der Waals surface area (Å²) < 4.78 is 16.6. The Morgan fingerprint density at radius 1 is 0.926 bits per heavy atom. The minimum atomic E-state index is -0.215. The van der Waals surface area contributed by atoms with Crippen LogP contribution in [0.2, 0.25) is 0 Å². The Hall–Kier alpha value is -3.13. The van der Waals surface area contributed by atoms with Crippen molar-refractivity contribution in [2.45, 2.75) is 20.8 Å². The summed E-state index contributed by atoms with van der Waals surface area (Å²) in [6, 6.07) is 12.9. The largest absolute Gasteiger partial charge is 0.490 e. The van der Waals surface area contributed by atoms with Crippen molar-refractivity contribution >= 4 is 5.91 Å².